The molecular weight excluding hydrogens is 385 g/mol. The smallest absolute Gasteiger partial charge is 0.271 e. The number of hydrogen-bond acceptors (Lipinski definition) is 4. The minimum Gasteiger partial charge on any atom is -0.489 e. The van der Waals surface area contributed by atoms with Crippen molar-refractivity contribution in [3.63, 3.8) is 0 Å². The number of carbonyl (C=O) groups is 2. The van der Waals surface area contributed by atoms with Gasteiger partial charge >= 0.3 is 0 Å². The molecule has 7 heteroatoms. The number of nitrogens with zero attached hydrogens (tertiary/aromatic N) is 1. The number of anilines is 1. The quantitative estimate of drug-likeness (QED) is 0.458. The summed E-state index contributed by atoms with van der Waals surface area (Å²) in [7, 11) is 0. The Morgan fingerprint density at radius 3 is 2.37 bits per heavy atom. The highest BCUT2D eigenvalue weighted by Gasteiger charge is 2.05. The highest BCUT2D eigenvalue weighted by Crippen LogP contribution is 2.15. The summed E-state index contributed by atoms with van der Waals surface area (Å²) in [5.41, 5.74) is 4.71. The van der Waals surface area contributed by atoms with Crippen molar-refractivity contribution in [3.8, 4) is 5.75 Å². The van der Waals surface area contributed by atoms with Crippen LogP contribution in [0.3, 0.4) is 0 Å². The van der Waals surface area contributed by atoms with Crippen LogP contribution >= 0.6 is 0 Å². The van der Waals surface area contributed by atoms with Gasteiger partial charge in [0.1, 0.15) is 18.2 Å². The van der Waals surface area contributed by atoms with E-state index in [9.17, 15) is 14.0 Å². The Hall–Kier alpha value is -4.00. The Labute approximate surface area is 173 Å². The standard InChI is InChI=1S/C23H20FN3O3/c1-16(28)26-20-10-8-18(9-11-20)23(29)27-25-14-17-6-12-21(13-7-17)30-15-19-4-2-3-5-22(19)24/h2-14H,15H2,1H3,(H,26,28)(H,27,29). The lowest BCUT2D eigenvalue weighted by Crippen LogP contribution is -2.17. The molecule has 0 atom stereocenters. The monoisotopic (exact) mass is 405 g/mol. The maximum Gasteiger partial charge on any atom is 0.271 e. The molecule has 3 aromatic rings. The third kappa shape index (κ3) is 6.00. The van der Waals surface area contributed by atoms with E-state index in [1.807, 2.05) is 0 Å². The number of hydrazone groups is 1. The Morgan fingerprint density at radius 2 is 1.70 bits per heavy atom. The Bertz CT molecular complexity index is 1050. The second-order valence-electron chi connectivity index (χ2n) is 6.41. The number of nitrogens with one attached hydrogen (secondary N) is 2. The van der Waals surface area contributed by atoms with Crippen LogP contribution in [0.1, 0.15) is 28.4 Å². The second kappa shape index (κ2) is 9.97. The van der Waals surface area contributed by atoms with Crippen molar-refractivity contribution in [2.75, 3.05) is 5.32 Å². The van der Waals surface area contributed by atoms with Gasteiger partial charge in [-0.2, -0.15) is 5.10 Å². The van der Waals surface area contributed by atoms with Crippen molar-refractivity contribution in [1.82, 2.24) is 5.43 Å². The van der Waals surface area contributed by atoms with E-state index in [1.165, 1.54) is 19.2 Å². The normalized spacial score (nSPS) is 10.6. The average Bonchev–Trinajstić information content (AvgIpc) is 2.74. The molecule has 0 radical (unpaired) electrons. The van der Waals surface area contributed by atoms with Gasteiger partial charge in [0.15, 0.2) is 0 Å². The first kappa shape index (κ1) is 20.7. The molecule has 0 aromatic heterocycles. The van der Waals surface area contributed by atoms with Gasteiger partial charge in [-0.05, 0) is 60.2 Å². The van der Waals surface area contributed by atoms with Gasteiger partial charge in [0.05, 0.1) is 6.21 Å². The summed E-state index contributed by atoms with van der Waals surface area (Å²) in [4.78, 5) is 23.1. The van der Waals surface area contributed by atoms with Crippen molar-refractivity contribution in [1.29, 1.82) is 0 Å². The zero-order valence-corrected chi connectivity index (χ0v) is 16.3. The van der Waals surface area contributed by atoms with Gasteiger partial charge in [-0.15, -0.1) is 0 Å². The molecule has 2 amide bonds. The number of ether oxygens (including phenoxy) is 1. The van der Waals surface area contributed by atoms with E-state index in [0.717, 1.165) is 5.56 Å². The van der Waals surface area contributed by atoms with Gasteiger partial charge in [-0.3, -0.25) is 9.59 Å². The van der Waals surface area contributed by atoms with Crippen LogP contribution in [-0.4, -0.2) is 18.0 Å². The Kier molecular flexibility index (Phi) is 6.89. The molecule has 0 saturated heterocycles. The maximum atomic E-state index is 13.6. The third-order valence-electron chi connectivity index (χ3n) is 4.08. The van der Waals surface area contributed by atoms with Crippen LogP contribution in [-0.2, 0) is 11.4 Å². The van der Waals surface area contributed by atoms with Crippen molar-refractivity contribution < 1.29 is 18.7 Å². The number of hydrogen-bond donors (Lipinski definition) is 2. The van der Waals surface area contributed by atoms with E-state index in [1.54, 1.807) is 66.7 Å². The summed E-state index contributed by atoms with van der Waals surface area (Å²) in [5, 5.41) is 6.57. The maximum absolute atomic E-state index is 13.6. The fourth-order valence-electron chi connectivity index (χ4n) is 2.56. The molecule has 3 aromatic carbocycles. The molecule has 152 valence electrons. The van der Waals surface area contributed by atoms with Crippen molar-refractivity contribution in [2.45, 2.75) is 13.5 Å². The molecule has 2 N–H and O–H groups in total. The van der Waals surface area contributed by atoms with E-state index in [4.69, 9.17) is 4.74 Å². The third-order valence-corrected chi connectivity index (χ3v) is 4.08. The number of benzene rings is 3. The number of rotatable bonds is 7. The molecule has 3 rings (SSSR count). The highest BCUT2D eigenvalue weighted by molar-refractivity contribution is 5.96. The van der Waals surface area contributed by atoms with Crippen molar-refractivity contribution in [3.05, 3.63) is 95.3 Å². The lowest BCUT2D eigenvalue weighted by atomic mass is 10.2. The first-order valence-corrected chi connectivity index (χ1v) is 9.18. The minimum absolute atomic E-state index is 0.136. The van der Waals surface area contributed by atoms with Crippen LogP contribution < -0.4 is 15.5 Å². The van der Waals surface area contributed by atoms with Crippen LogP contribution in [0.4, 0.5) is 10.1 Å². The molecule has 0 saturated carbocycles. The lowest BCUT2D eigenvalue weighted by molar-refractivity contribution is -0.114. The summed E-state index contributed by atoms with van der Waals surface area (Å²) < 4.78 is 19.2. The predicted octanol–water partition coefficient (Wildman–Crippen LogP) is 4.13. The molecule has 0 heterocycles. The first-order chi connectivity index (χ1) is 14.5. The summed E-state index contributed by atoms with van der Waals surface area (Å²) in [6.07, 6.45) is 1.50. The largest absolute Gasteiger partial charge is 0.489 e. The number of halogens is 1. The van der Waals surface area contributed by atoms with E-state index in [2.05, 4.69) is 15.8 Å². The number of amides is 2. The topological polar surface area (TPSA) is 79.8 Å². The van der Waals surface area contributed by atoms with Crippen LogP contribution in [0.2, 0.25) is 0 Å². The number of carbonyl (C=O) groups excluding carboxylic acids is 2. The van der Waals surface area contributed by atoms with Gasteiger partial charge in [-0.25, -0.2) is 9.82 Å². The van der Waals surface area contributed by atoms with Gasteiger partial charge < -0.3 is 10.1 Å². The van der Waals surface area contributed by atoms with Crippen molar-refractivity contribution in [2.24, 2.45) is 5.10 Å². The molecule has 0 spiro atoms. The molecule has 0 fully saturated rings. The fraction of sp³-hybridized carbons (Fsp3) is 0.0870. The fourth-order valence-corrected chi connectivity index (χ4v) is 2.56. The Balaban J connectivity index is 1.50. The predicted molar refractivity (Wildman–Crippen MR) is 113 cm³/mol. The minimum atomic E-state index is -0.370. The molecule has 0 aliphatic rings. The molecule has 0 unspecified atom stereocenters. The van der Waals surface area contributed by atoms with Gasteiger partial charge in [0, 0.05) is 23.7 Å². The van der Waals surface area contributed by atoms with Crippen LogP contribution in [0.5, 0.6) is 5.75 Å². The van der Waals surface area contributed by atoms with E-state index >= 15 is 0 Å². The van der Waals surface area contributed by atoms with Crippen LogP contribution in [0.15, 0.2) is 77.9 Å². The van der Waals surface area contributed by atoms with Gasteiger partial charge in [-0.1, -0.05) is 18.2 Å². The summed E-state index contributed by atoms with van der Waals surface area (Å²) in [6.45, 7) is 1.55. The molecule has 30 heavy (non-hydrogen) atoms. The zero-order chi connectivity index (χ0) is 21.3. The average molecular weight is 405 g/mol. The van der Waals surface area contributed by atoms with E-state index in [0.29, 0.717) is 22.6 Å². The first-order valence-electron chi connectivity index (χ1n) is 9.18. The summed E-state index contributed by atoms with van der Waals surface area (Å²) in [6, 6.07) is 19.9. The zero-order valence-electron chi connectivity index (χ0n) is 16.3. The van der Waals surface area contributed by atoms with E-state index < -0.39 is 0 Å². The SMILES string of the molecule is CC(=O)Nc1ccc(C(=O)NN=Cc2ccc(OCc3ccccc3F)cc2)cc1. The molecule has 0 bridgehead atoms. The lowest BCUT2D eigenvalue weighted by Gasteiger charge is -2.07. The van der Waals surface area contributed by atoms with Crippen LogP contribution in [0, 0.1) is 5.82 Å². The van der Waals surface area contributed by atoms with E-state index in [-0.39, 0.29) is 24.2 Å². The highest BCUT2D eigenvalue weighted by atomic mass is 19.1. The molecule has 0 aliphatic carbocycles. The van der Waals surface area contributed by atoms with Gasteiger partial charge in [0.2, 0.25) is 5.91 Å². The molecular formula is C23H20FN3O3. The Morgan fingerprint density at radius 1 is 1.00 bits per heavy atom. The molecule has 6 nitrogen and oxygen atoms in total. The molecule has 0 aliphatic heterocycles. The summed E-state index contributed by atoms with van der Waals surface area (Å²) in [5.74, 6) is -0.258. The van der Waals surface area contributed by atoms with Crippen molar-refractivity contribution >= 4 is 23.7 Å². The van der Waals surface area contributed by atoms with Gasteiger partial charge in [0.25, 0.3) is 5.91 Å². The second-order valence-corrected chi connectivity index (χ2v) is 6.41. The summed E-state index contributed by atoms with van der Waals surface area (Å²) >= 11 is 0. The van der Waals surface area contributed by atoms with Crippen LogP contribution in [0.25, 0.3) is 0 Å².